The minimum Gasteiger partial charge on any atom is -0.409 e. The van der Waals surface area contributed by atoms with Gasteiger partial charge in [-0.3, -0.25) is 0 Å². The second-order valence-electron chi connectivity index (χ2n) is 3.74. The van der Waals surface area contributed by atoms with Crippen LogP contribution < -0.4 is 10.6 Å². The van der Waals surface area contributed by atoms with Crippen LogP contribution in [0.3, 0.4) is 0 Å². The monoisotopic (exact) mass is 240 g/mol. The molecule has 0 saturated heterocycles. The molecule has 96 valence electrons. The molecule has 0 radical (unpaired) electrons. The summed E-state index contributed by atoms with van der Waals surface area (Å²) in [6.45, 7) is 6.50. The Labute approximate surface area is 101 Å². The highest BCUT2D eigenvalue weighted by atomic mass is 16.4. The highest BCUT2D eigenvalue weighted by Crippen LogP contribution is 2.12. The lowest BCUT2D eigenvalue weighted by atomic mass is 10.3. The third-order valence-electron chi connectivity index (χ3n) is 2.50. The normalized spacial score (nSPS) is 11.8. The first kappa shape index (κ1) is 13.3. The van der Waals surface area contributed by atoms with E-state index in [0.717, 1.165) is 25.3 Å². The van der Waals surface area contributed by atoms with Crippen molar-refractivity contribution in [1.29, 1.82) is 0 Å². The van der Waals surface area contributed by atoms with Gasteiger partial charge in [0.2, 0.25) is 0 Å². The number of amidine groups is 1. The minimum absolute atomic E-state index is 0.234. The Bertz CT molecular complexity index is 361. The molecule has 0 amide bonds. The van der Waals surface area contributed by atoms with Crippen LogP contribution in [0.1, 0.15) is 26.7 Å². The Balaban J connectivity index is 2.68. The van der Waals surface area contributed by atoms with Crippen molar-refractivity contribution in [2.45, 2.75) is 33.2 Å². The van der Waals surface area contributed by atoms with Crippen molar-refractivity contribution >= 4 is 11.7 Å². The summed E-state index contributed by atoms with van der Waals surface area (Å²) in [5.74, 6) is 1.21. The molecule has 1 rings (SSSR count). The summed E-state index contributed by atoms with van der Waals surface area (Å²) in [4.78, 5) is 2.10. The maximum Gasteiger partial charge on any atom is 0.147 e. The number of oxime groups is 1. The van der Waals surface area contributed by atoms with E-state index in [1.54, 1.807) is 6.20 Å². The molecule has 0 aliphatic heterocycles. The summed E-state index contributed by atoms with van der Waals surface area (Å²) in [6.07, 6.45) is 3.27. The van der Waals surface area contributed by atoms with Gasteiger partial charge in [-0.1, -0.05) is 17.3 Å². The molecule has 1 heterocycles. The van der Waals surface area contributed by atoms with Crippen LogP contribution in [0.4, 0.5) is 5.82 Å². The van der Waals surface area contributed by atoms with E-state index >= 15 is 0 Å². The molecule has 0 aromatic carbocycles. The van der Waals surface area contributed by atoms with Crippen molar-refractivity contribution in [3.8, 4) is 0 Å². The van der Waals surface area contributed by atoms with E-state index in [1.807, 2.05) is 4.68 Å². The fourth-order valence-corrected chi connectivity index (χ4v) is 1.60. The Hall–Kier alpha value is -1.79. The van der Waals surface area contributed by atoms with Gasteiger partial charge in [0.25, 0.3) is 0 Å². The Kier molecular flexibility index (Phi) is 5.25. The van der Waals surface area contributed by atoms with Crippen LogP contribution in [0.5, 0.6) is 0 Å². The van der Waals surface area contributed by atoms with E-state index in [1.165, 1.54) is 0 Å². The molecule has 0 aliphatic rings. The zero-order valence-electron chi connectivity index (χ0n) is 10.4. The fourth-order valence-electron chi connectivity index (χ4n) is 1.60. The van der Waals surface area contributed by atoms with Crippen LogP contribution in [0.15, 0.2) is 11.4 Å². The van der Waals surface area contributed by atoms with Crippen LogP contribution in [-0.2, 0) is 6.54 Å². The number of rotatable bonds is 7. The Morgan fingerprint density at radius 2 is 2.35 bits per heavy atom. The maximum atomic E-state index is 8.50. The van der Waals surface area contributed by atoms with Crippen molar-refractivity contribution in [3.63, 3.8) is 0 Å². The molecule has 7 heteroatoms. The lowest BCUT2D eigenvalue weighted by molar-refractivity contribution is 0.317. The Morgan fingerprint density at radius 1 is 1.59 bits per heavy atom. The highest BCUT2D eigenvalue weighted by molar-refractivity contribution is 5.80. The van der Waals surface area contributed by atoms with E-state index in [-0.39, 0.29) is 5.84 Å². The van der Waals surface area contributed by atoms with Gasteiger partial charge in [0.15, 0.2) is 0 Å². The molecular formula is C10H20N6O. The van der Waals surface area contributed by atoms with Gasteiger partial charge in [0.05, 0.1) is 6.20 Å². The molecule has 0 aliphatic carbocycles. The smallest absolute Gasteiger partial charge is 0.147 e. The predicted molar refractivity (Wildman–Crippen MR) is 66.2 cm³/mol. The number of aryl methyl sites for hydroxylation is 1. The number of nitrogens with zero attached hydrogens (tertiary/aromatic N) is 5. The van der Waals surface area contributed by atoms with E-state index in [9.17, 15) is 0 Å². The first-order valence-electron chi connectivity index (χ1n) is 5.82. The van der Waals surface area contributed by atoms with Crippen LogP contribution in [0.2, 0.25) is 0 Å². The van der Waals surface area contributed by atoms with Crippen LogP contribution >= 0.6 is 0 Å². The average Bonchev–Trinajstić information content (AvgIpc) is 2.78. The van der Waals surface area contributed by atoms with Crippen molar-refractivity contribution in [3.05, 3.63) is 6.20 Å². The van der Waals surface area contributed by atoms with Gasteiger partial charge in [-0.15, -0.1) is 5.10 Å². The highest BCUT2D eigenvalue weighted by Gasteiger charge is 2.11. The van der Waals surface area contributed by atoms with Crippen molar-refractivity contribution in [2.24, 2.45) is 10.9 Å². The molecule has 1 aromatic heterocycles. The third kappa shape index (κ3) is 3.61. The van der Waals surface area contributed by atoms with Gasteiger partial charge in [0.1, 0.15) is 11.7 Å². The van der Waals surface area contributed by atoms with Crippen LogP contribution in [0.25, 0.3) is 0 Å². The van der Waals surface area contributed by atoms with E-state index in [4.69, 9.17) is 10.9 Å². The summed E-state index contributed by atoms with van der Waals surface area (Å²) < 4.78 is 1.87. The second-order valence-corrected chi connectivity index (χ2v) is 3.74. The molecular weight excluding hydrogens is 220 g/mol. The lowest BCUT2D eigenvalue weighted by Crippen LogP contribution is -2.30. The molecule has 0 unspecified atom stereocenters. The topological polar surface area (TPSA) is 92.6 Å². The van der Waals surface area contributed by atoms with Gasteiger partial charge in [0, 0.05) is 26.1 Å². The summed E-state index contributed by atoms with van der Waals surface area (Å²) in [7, 11) is 0. The number of hydrogen-bond donors (Lipinski definition) is 2. The molecule has 0 spiro atoms. The summed E-state index contributed by atoms with van der Waals surface area (Å²) in [5.41, 5.74) is 5.46. The standard InChI is InChI=1S/C10H20N6O/c1-3-6-16-10(8-12-14-16)15(4-2)7-5-9(11)13-17/h8,17H,3-7H2,1-2H3,(H2,11,13). The van der Waals surface area contributed by atoms with Crippen molar-refractivity contribution in [2.75, 3.05) is 18.0 Å². The fraction of sp³-hybridized carbons (Fsp3) is 0.700. The number of anilines is 1. The third-order valence-corrected chi connectivity index (χ3v) is 2.50. The van der Waals surface area contributed by atoms with Crippen LogP contribution in [0, 0.1) is 0 Å². The number of hydrogen-bond acceptors (Lipinski definition) is 5. The van der Waals surface area contributed by atoms with Crippen molar-refractivity contribution in [1.82, 2.24) is 15.0 Å². The van der Waals surface area contributed by atoms with E-state index in [0.29, 0.717) is 13.0 Å². The van der Waals surface area contributed by atoms with Crippen molar-refractivity contribution < 1.29 is 5.21 Å². The predicted octanol–water partition coefficient (Wildman–Crippen LogP) is 0.651. The van der Waals surface area contributed by atoms with Gasteiger partial charge in [-0.2, -0.15) is 0 Å². The zero-order valence-corrected chi connectivity index (χ0v) is 10.4. The summed E-state index contributed by atoms with van der Waals surface area (Å²) in [6, 6.07) is 0. The maximum absolute atomic E-state index is 8.50. The largest absolute Gasteiger partial charge is 0.409 e. The SMILES string of the molecule is CCCn1nncc1N(CC)CC/C(N)=N/O. The second kappa shape index (κ2) is 6.72. The average molecular weight is 240 g/mol. The Morgan fingerprint density at radius 3 is 2.94 bits per heavy atom. The van der Waals surface area contributed by atoms with E-state index in [2.05, 4.69) is 34.2 Å². The number of nitrogens with two attached hydrogens (primary N) is 1. The zero-order chi connectivity index (χ0) is 12.7. The molecule has 17 heavy (non-hydrogen) atoms. The molecule has 0 saturated carbocycles. The quantitative estimate of drug-likeness (QED) is 0.316. The lowest BCUT2D eigenvalue weighted by Gasteiger charge is -2.22. The van der Waals surface area contributed by atoms with Crippen LogP contribution in [-0.4, -0.2) is 39.1 Å². The number of aromatic nitrogens is 3. The van der Waals surface area contributed by atoms with Gasteiger partial charge < -0.3 is 15.8 Å². The van der Waals surface area contributed by atoms with Gasteiger partial charge in [-0.25, -0.2) is 4.68 Å². The van der Waals surface area contributed by atoms with Gasteiger partial charge in [-0.05, 0) is 13.3 Å². The molecule has 0 fully saturated rings. The summed E-state index contributed by atoms with van der Waals surface area (Å²) in [5, 5.41) is 19.4. The molecule has 1 aromatic rings. The molecule has 3 N–H and O–H groups in total. The minimum atomic E-state index is 0.234. The first-order valence-corrected chi connectivity index (χ1v) is 5.82. The summed E-state index contributed by atoms with van der Waals surface area (Å²) >= 11 is 0. The first-order chi connectivity index (χ1) is 8.22. The van der Waals surface area contributed by atoms with E-state index < -0.39 is 0 Å². The molecule has 7 nitrogen and oxygen atoms in total. The molecule has 0 bridgehead atoms. The molecule has 0 atom stereocenters. The van der Waals surface area contributed by atoms with Gasteiger partial charge >= 0.3 is 0 Å².